The SMILES string of the molecule is CCOCCCn1c(=NC(=O)c2cccc(OC)c2)c(C(=O)OCC)cc2c(=O)n3cccc(C)c3nc21. The van der Waals surface area contributed by atoms with E-state index >= 15 is 0 Å². The lowest BCUT2D eigenvalue weighted by molar-refractivity contribution is 0.0523. The summed E-state index contributed by atoms with van der Waals surface area (Å²) in [6.45, 7) is 6.82. The molecule has 0 aliphatic heterocycles. The largest absolute Gasteiger partial charge is 0.497 e. The molecule has 4 aromatic rings. The van der Waals surface area contributed by atoms with Crippen LogP contribution in [0, 0.1) is 6.92 Å². The van der Waals surface area contributed by atoms with Crippen molar-refractivity contribution in [3.8, 4) is 5.75 Å². The topological polar surface area (TPSA) is 113 Å². The lowest BCUT2D eigenvalue weighted by Gasteiger charge is -2.15. The van der Waals surface area contributed by atoms with Gasteiger partial charge in [-0.05, 0) is 63.1 Å². The number of aryl methyl sites for hydroxylation is 2. The van der Waals surface area contributed by atoms with Crippen LogP contribution >= 0.6 is 0 Å². The molecule has 3 heterocycles. The minimum Gasteiger partial charge on any atom is -0.497 e. The van der Waals surface area contributed by atoms with Crippen LogP contribution < -0.4 is 15.8 Å². The quantitative estimate of drug-likeness (QED) is 0.190. The average Bonchev–Trinajstić information content (AvgIpc) is 2.92. The Morgan fingerprint density at radius 1 is 1.05 bits per heavy atom. The maximum absolute atomic E-state index is 13.5. The van der Waals surface area contributed by atoms with E-state index in [1.54, 1.807) is 48.0 Å². The third-order valence-corrected chi connectivity index (χ3v) is 6.00. The predicted molar refractivity (Wildman–Crippen MR) is 142 cm³/mol. The van der Waals surface area contributed by atoms with Crippen molar-refractivity contribution in [2.24, 2.45) is 4.99 Å². The van der Waals surface area contributed by atoms with Gasteiger partial charge in [-0.2, -0.15) is 4.99 Å². The standard InChI is InChI=1S/C28H30N4O6/c1-5-37-15-9-14-31-24-21(27(34)32-13-8-10-18(3)23(32)29-24)17-22(28(35)38-6-2)25(31)30-26(33)19-11-7-12-20(16-19)36-4/h7-8,10-13,16-17H,5-6,9,14-15H2,1-4H3. The van der Waals surface area contributed by atoms with Gasteiger partial charge in [0.15, 0.2) is 5.49 Å². The summed E-state index contributed by atoms with van der Waals surface area (Å²) in [5.74, 6) is -0.781. The Bertz CT molecular complexity index is 1640. The van der Waals surface area contributed by atoms with Crippen LogP contribution in [0.25, 0.3) is 16.7 Å². The molecule has 38 heavy (non-hydrogen) atoms. The van der Waals surface area contributed by atoms with Gasteiger partial charge < -0.3 is 18.8 Å². The molecule has 10 nitrogen and oxygen atoms in total. The Kier molecular flexibility index (Phi) is 8.32. The zero-order valence-corrected chi connectivity index (χ0v) is 21.9. The summed E-state index contributed by atoms with van der Waals surface area (Å²) in [4.78, 5) is 49.1. The lowest BCUT2D eigenvalue weighted by Crippen LogP contribution is -2.33. The van der Waals surface area contributed by atoms with Crippen LogP contribution in [0.3, 0.4) is 0 Å². The third-order valence-electron chi connectivity index (χ3n) is 6.00. The van der Waals surface area contributed by atoms with Crippen LogP contribution in [0.1, 0.15) is 46.5 Å². The Morgan fingerprint density at radius 3 is 2.61 bits per heavy atom. The second-order valence-electron chi connectivity index (χ2n) is 8.49. The Balaban J connectivity index is 2.07. The molecule has 0 aliphatic carbocycles. The van der Waals surface area contributed by atoms with Gasteiger partial charge in [-0.3, -0.25) is 14.0 Å². The van der Waals surface area contributed by atoms with Crippen molar-refractivity contribution in [1.29, 1.82) is 0 Å². The maximum Gasteiger partial charge on any atom is 0.341 e. The number of fused-ring (bicyclic) bond motifs is 2. The number of pyridine rings is 2. The van der Waals surface area contributed by atoms with E-state index in [-0.39, 0.29) is 34.2 Å². The highest BCUT2D eigenvalue weighted by molar-refractivity contribution is 5.97. The highest BCUT2D eigenvalue weighted by Gasteiger charge is 2.20. The fraction of sp³-hybridized carbons (Fsp3) is 0.321. The number of aromatic nitrogens is 3. The first-order chi connectivity index (χ1) is 18.4. The summed E-state index contributed by atoms with van der Waals surface area (Å²) < 4.78 is 19.1. The lowest BCUT2D eigenvalue weighted by atomic mass is 10.2. The van der Waals surface area contributed by atoms with Crippen LogP contribution in [-0.4, -0.2) is 52.8 Å². The molecule has 198 valence electrons. The fourth-order valence-electron chi connectivity index (χ4n) is 4.16. The number of amides is 1. The summed E-state index contributed by atoms with van der Waals surface area (Å²) >= 11 is 0. The van der Waals surface area contributed by atoms with Gasteiger partial charge in [-0.1, -0.05) is 12.1 Å². The van der Waals surface area contributed by atoms with E-state index < -0.39 is 11.9 Å². The molecular formula is C28H30N4O6. The molecule has 0 aliphatic rings. The number of carbonyl (C=O) groups excluding carboxylic acids is 2. The summed E-state index contributed by atoms with van der Waals surface area (Å²) in [5.41, 5.74) is 1.57. The molecule has 0 radical (unpaired) electrons. The molecule has 10 heteroatoms. The van der Waals surface area contributed by atoms with Crippen molar-refractivity contribution in [3.63, 3.8) is 0 Å². The first-order valence-electron chi connectivity index (χ1n) is 12.4. The number of benzene rings is 1. The van der Waals surface area contributed by atoms with Crippen molar-refractivity contribution in [2.75, 3.05) is 26.9 Å². The molecule has 0 bridgehead atoms. The Hall–Kier alpha value is -4.31. The molecule has 0 unspecified atom stereocenters. The number of methoxy groups -OCH3 is 1. The van der Waals surface area contributed by atoms with Crippen LogP contribution in [0.5, 0.6) is 5.75 Å². The zero-order valence-electron chi connectivity index (χ0n) is 21.9. The molecular weight excluding hydrogens is 488 g/mol. The van der Waals surface area contributed by atoms with Crippen molar-refractivity contribution in [1.82, 2.24) is 14.0 Å². The van der Waals surface area contributed by atoms with Crippen molar-refractivity contribution in [3.05, 3.63) is 81.2 Å². The van der Waals surface area contributed by atoms with Gasteiger partial charge in [-0.25, -0.2) is 9.78 Å². The number of hydrogen-bond donors (Lipinski definition) is 0. The predicted octanol–water partition coefficient (Wildman–Crippen LogP) is 3.31. The van der Waals surface area contributed by atoms with E-state index in [4.69, 9.17) is 19.2 Å². The first kappa shape index (κ1) is 26.7. The minimum absolute atomic E-state index is 0.00138. The normalized spacial score (nSPS) is 11.7. The molecule has 1 aromatic carbocycles. The molecule has 0 saturated carbocycles. The van der Waals surface area contributed by atoms with Gasteiger partial charge in [0, 0.05) is 31.5 Å². The summed E-state index contributed by atoms with van der Waals surface area (Å²) in [6, 6.07) is 11.6. The zero-order chi connectivity index (χ0) is 27.2. The first-order valence-corrected chi connectivity index (χ1v) is 12.4. The molecule has 1 amide bonds. The van der Waals surface area contributed by atoms with E-state index in [1.165, 1.54) is 17.6 Å². The second kappa shape index (κ2) is 11.8. The number of rotatable bonds is 9. The van der Waals surface area contributed by atoms with Crippen LogP contribution in [-0.2, 0) is 16.0 Å². The number of ether oxygens (including phenoxy) is 3. The molecule has 4 rings (SSSR count). The van der Waals surface area contributed by atoms with Crippen molar-refractivity contribution < 1.29 is 23.8 Å². The average molecular weight is 519 g/mol. The van der Waals surface area contributed by atoms with Gasteiger partial charge in [-0.15, -0.1) is 0 Å². The van der Waals surface area contributed by atoms with Crippen LogP contribution in [0.2, 0.25) is 0 Å². The van der Waals surface area contributed by atoms with Crippen molar-refractivity contribution >= 4 is 28.6 Å². The van der Waals surface area contributed by atoms with Gasteiger partial charge in [0.05, 0.1) is 19.1 Å². The third kappa shape index (κ3) is 5.35. The van der Waals surface area contributed by atoms with E-state index in [0.717, 1.165) is 5.56 Å². The van der Waals surface area contributed by atoms with Crippen LogP contribution in [0.4, 0.5) is 0 Å². The number of hydrogen-bond acceptors (Lipinski definition) is 7. The smallest absolute Gasteiger partial charge is 0.341 e. The summed E-state index contributed by atoms with van der Waals surface area (Å²) in [6.07, 6.45) is 2.16. The Labute approximate surface area is 219 Å². The molecule has 0 fully saturated rings. The summed E-state index contributed by atoms with van der Waals surface area (Å²) in [5, 5.41) is 0.209. The fourth-order valence-corrected chi connectivity index (χ4v) is 4.16. The van der Waals surface area contributed by atoms with Crippen molar-refractivity contribution in [2.45, 2.75) is 33.7 Å². The van der Waals surface area contributed by atoms with E-state index in [0.29, 0.717) is 43.2 Å². The van der Waals surface area contributed by atoms with Gasteiger partial charge in [0.1, 0.15) is 22.6 Å². The number of esters is 1. The van der Waals surface area contributed by atoms with Gasteiger partial charge >= 0.3 is 5.97 Å². The van der Waals surface area contributed by atoms with E-state index in [1.807, 2.05) is 19.9 Å². The number of nitrogens with zero attached hydrogens (tertiary/aromatic N) is 4. The Morgan fingerprint density at radius 2 is 1.87 bits per heavy atom. The second-order valence-corrected chi connectivity index (χ2v) is 8.49. The van der Waals surface area contributed by atoms with Gasteiger partial charge in [0.2, 0.25) is 0 Å². The molecule has 0 atom stereocenters. The maximum atomic E-state index is 13.5. The van der Waals surface area contributed by atoms with Gasteiger partial charge in [0.25, 0.3) is 11.5 Å². The number of carbonyl (C=O) groups is 2. The molecule has 0 spiro atoms. The monoisotopic (exact) mass is 518 g/mol. The highest BCUT2D eigenvalue weighted by atomic mass is 16.5. The van der Waals surface area contributed by atoms with E-state index in [9.17, 15) is 14.4 Å². The van der Waals surface area contributed by atoms with E-state index in [2.05, 4.69) is 4.99 Å². The molecule has 0 saturated heterocycles. The van der Waals surface area contributed by atoms with Crippen LogP contribution in [0.15, 0.2) is 58.4 Å². The highest BCUT2D eigenvalue weighted by Crippen LogP contribution is 2.16. The summed E-state index contributed by atoms with van der Waals surface area (Å²) in [7, 11) is 1.51. The molecule has 0 N–H and O–H groups in total. The molecule has 3 aromatic heterocycles. The minimum atomic E-state index is -0.695.